The summed E-state index contributed by atoms with van der Waals surface area (Å²) in [5, 5.41) is 3.99. The molecule has 0 amide bonds. The predicted octanol–water partition coefficient (Wildman–Crippen LogP) is 2.21. The predicted molar refractivity (Wildman–Crippen MR) is 42.8 cm³/mol. The first kappa shape index (κ1) is 6.49. The molecule has 0 aromatic heterocycles. The fourth-order valence-corrected chi connectivity index (χ4v) is 1.41. The van der Waals surface area contributed by atoms with Crippen molar-refractivity contribution in [1.29, 1.82) is 0 Å². The third-order valence-corrected chi connectivity index (χ3v) is 2.13. The minimum Gasteiger partial charge on any atom is -0.350 e. The van der Waals surface area contributed by atoms with Gasteiger partial charge in [0, 0.05) is 10.6 Å². The molecule has 0 atom stereocenters. The van der Waals surface area contributed by atoms with E-state index in [1.807, 2.05) is 13.0 Å². The average molecular weight is 139 g/mol. The molecular formula is C7H9NS. The number of allylic oxidation sites excluding steroid dienone is 1. The molecule has 1 heterocycles. The van der Waals surface area contributed by atoms with Gasteiger partial charge in [0.15, 0.2) is 0 Å². The fourth-order valence-electron chi connectivity index (χ4n) is 0.683. The van der Waals surface area contributed by atoms with Crippen molar-refractivity contribution in [3.8, 4) is 0 Å². The first-order valence-corrected chi connectivity index (χ1v) is 3.55. The molecule has 1 aliphatic heterocycles. The first-order valence-electron chi connectivity index (χ1n) is 2.73. The molecule has 0 aromatic rings. The Bertz CT molecular complexity index is 191. The van der Waals surface area contributed by atoms with Gasteiger partial charge >= 0.3 is 0 Å². The molecule has 1 fully saturated rings. The molecule has 0 aromatic carbocycles. The molecule has 0 bridgehead atoms. The van der Waals surface area contributed by atoms with Crippen LogP contribution in [0.4, 0.5) is 0 Å². The average Bonchev–Trinajstić information content (AvgIpc) is 2.10. The first-order chi connectivity index (χ1) is 4.24. The number of hydrogen-bond acceptors (Lipinski definition) is 2. The van der Waals surface area contributed by atoms with E-state index in [1.54, 1.807) is 11.8 Å². The minimum atomic E-state index is 0.965. The van der Waals surface area contributed by atoms with Crippen LogP contribution in [0.5, 0.6) is 0 Å². The van der Waals surface area contributed by atoms with Crippen molar-refractivity contribution in [2.45, 2.75) is 6.92 Å². The van der Waals surface area contributed by atoms with Gasteiger partial charge in [-0.2, -0.15) is 0 Å². The van der Waals surface area contributed by atoms with E-state index < -0.39 is 0 Å². The molecule has 1 saturated heterocycles. The van der Waals surface area contributed by atoms with E-state index in [-0.39, 0.29) is 0 Å². The lowest BCUT2D eigenvalue weighted by Crippen LogP contribution is -1.98. The molecule has 0 radical (unpaired) electrons. The number of nitrogens with one attached hydrogen (secondary N) is 1. The van der Waals surface area contributed by atoms with E-state index in [9.17, 15) is 0 Å². The highest BCUT2D eigenvalue weighted by molar-refractivity contribution is 8.07. The van der Waals surface area contributed by atoms with Gasteiger partial charge in [-0.25, -0.2) is 0 Å². The summed E-state index contributed by atoms with van der Waals surface area (Å²) >= 11 is 1.63. The van der Waals surface area contributed by atoms with Gasteiger partial charge in [-0.15, -0.1) is 0 Å². The molecule has 0 spiro atoms. The quantitative estimate of drug-likeness (QED) is 0.552. The normalized spacial score (nSPS) is 23.0. The molecule has 0 unspecified atom stereocenters. The van der Waals surface area contributed by atoms with Crippen LogP contribution in [-0.2, 0) is 0 Å². The fraction of sp³-hybridized carbons (Fsp3) is 0.143. The van der Waals surface area contributed by atoms with Gasteiger partial charge in [-0.1, -0.05) is 31.0 Å². The van der Waals surface area contributed by atoms with E-state index in [1.165, 1.54) is 4.91 Å². The lowest BCUT2D eigenvalue weighted by Gasteiger charge is -1.91. The van der Waals surface area contributed by atoms with Crippen molar-refractivity contribution >= 4 is 11.8 Å². The number of thioether (sulfide) groups is 1. The highest BCUT2D eigenvalue weighted by Gasteiger charge is 2.12. The Kier molecular flexibility index (Phi) is 1.67. The number of hydrogen-bond donors (Lipinski definition) is 1. The zero-order valence-corrected chi connectivity index (χ0v) is 6.22. The standard InChI is InChI=1S/C7H9NS/c1-4-7-5(2)8-6(3)9-7/h4,8H,2-3H2,1H3/b7-4-. The van der Waals surface area contributed by atoms with Crippen LogP contribution in [0.2, 0.25) is 0 Å². The summed E-state index contributed by atoms with van der Waals surface area (Å²) in [6, 6.07) is 0. The highest BCUT2D eigenvalue weighted by atomic mass is 32.2. The molecular weight excluding hydrogens is 130 g/mol. The molecule has 1 rings (SSSR count). The third-order valence-electron chi connectivity index (χ3n) is 1.08. The van der Waals surface area contributed by atoms with Crippen molar-refractivity contribution < 1.29 is 0 Å². The van der Waals surface area contributed by atoms with Gasteiger partial charge in [0.05, 0.1) is 5.03 Å². The monoisotopic (exact) mass is 139 g/mol. The summed E-state index contributed by atoms with van der Waals surface area (Å²) in [6.45, 7) is 9.54. The second-order valence-corrected chi connectivity index (χ2v) is 2.92. The topological polar surface area (TPSA) is 12.0 Å². The summed E-state index contributed by atoms with van der Waals surface area (Å²) < 4.78 is 0. The largest absolute Gasteiger partial charge is 0.350 e. The van der Waals surface area contributed by atoms with Crippen LogP contribution in [-0.4, -0.2) is 0 Å². The van der Waals surface area contributed by atoms with Crippen LogP contribution in [0.25, 0.3) is 0 Å². The van der Waals surface area contributed by atoms with E-state index in [4.69, 9.17) is 0 Å². The second kappa shape index (κ2) is 2.31. The molecule has 9 heavy (non-hydrogen) atoms. The van der Waals surface area contributed by atoms with Crippen LogP contribution in [0.1, 0.15) is 6.92 Å². The summed E-state index contributed by atoms with van der Waals surface area (Å²) in [6.07, 6.45) is 2.03. The van der Waals surface area contributed by atoms with Crippen LogP contribution in [0.3, 0.4) is 0 Å². The van der Waals surface area contributed by atoms with Crippen molar-refractivity contribution in [2.75, 3.05) is 0 Å². The number of rotatable bonds is 0. The molecule has 0 aliphatic carbocycles. The van der Waals surface area contributed by atoms with Crippen LogP contribution in [0.15, 0.2) is 34.9 Å². The SMILES string of the molecule is C=C1NC(=C)/C(=C/C)S1. The Morgan fingerprint density at radius 2 is 2.22 bits per heavy atom. The lowest BCUT2D eigenvalue weighted by atomic mass is 10.4. The summed E-state index contributed by atoms with van der Waals surface area (Å²) in [5.41, 5.74) is 0.965. The van der Waals surface area contributed by atoms with Gasteiger partial charge in [-0.3, -0.25) is 0 Å². The Balaban J connectivity index is 2.81. The van der Waals surface area contributed by atoms with Crippen LogP contribution in [0, 0.1) is 0 Å². The van der Waals surface area contributed by atoms with Gasteiger partial charge < -0.3 is 5.32 Å². The van der Waals surface area contributed by atoms with Crippen molar-refractivity contribution in [3.63, 3.8) is 0 Å². The third kappa shape index (κ3) is 1.19. The zero-order chi connectivity index (χ0) is 6.85. The van der Waals surface area contributed by atoms with E-state index >= 15 is 0 Å². The molecule has 48 valence electrons. The highest BCUT2D eigenvalue weighted by Crippen LogP contribution is 2.33. The molecule has 2 heteroatoms. The molecule has 1 aliphatic rings. The van der Waals surface area contributed by atoms with Crippen molar-refractivity contribution in [2.24, 2.45) is 0 Å². The van der Waals surface area contributed by atoms with Crippen LogP contribution >= 0.6 is 11.8 Å². The Morgan fingerprint density at radius 1 is 1.56 bits per heavy atom. The van der Waals surface area contributed by atoms with E-state index in [0.717, 1.165) is 10.7 Å². The van der Waals surface area contributed by atoms with Gasteiger partial charge in [0.25, 0.3) is 0 Å². The summed E-state index contributed by atoms with van der Waals surface area (Å²) in [4.78, 5) is 1.18. The van der Waals surface area contributed by atoms with E-state index in [2.05, 4.69) is 18.5 Å². The minimum absolute atomic E-state index is 0.965. The Morgan fingerprint density at radius 3 is 2.44 bits per heavy atom. The molecule has 0 saturated carbocycles. The van der Waals surface area contributed by atoms with Crippen molar-refractivity contribution in [1.82, 2.24) is 5.32 Å². The van der Waals surface area contributed by atoms with Gasteiger partial charge in [0.2, 0.25) is 0 Å². The zero-order valence-electron chi connectivity index (χ0n) is 5.40. The van der Waals surface area contributed by atoms with E-state index in [0.29, 0.717) is 0 Å². The van der Waals surface area contributed by atoms with Gasteiger partial charge in [0.1, 0.15) is 0 Å². The lowest BCUT2D eigenvalue weighted by molar-refractivity contribution is 1.12. The van der Waals surface area contributed by atoms with Crippen LogP contribution < -0.4 is 5.32 Å². The Labute approximate surface area is 59.5 Å². The maximum absolute atomic E-state index is 3.80. The smallest absolute Gasteiger partial charge is 0.0701 e. The maximum atomic E-state index is 3.80. The van der Waals surface area contributed by atoms with Crippen molar-refractivity contribution in [3.05, 3.63) is 34.9 Å². The summed E-state index contributed by atoms with van der Waals surface area (Å²) in [5.74, 6) is 0. The Hall–Kier alpha value is -0.630. The molecule has 1 N–H and O–H groups in total. The summed E-state index contributed by atoms with van der Waals surface area (Å²) in [7, 11) is 0. The van der Waals surface area contributed by atoms with Gasteiger partial charge in [-0.05, 0) is 6.92 Å². The maximum Gasteiger partial charge on any atom is 0.0701 e. The molecule has 1 nitrogen and oxygen atoms in total. The second-order valence-electron chi connectivity index (χ2n) is 1.78.